The Balaban J connectivity index is 2.58. The van der Waals surface area contributed by atoms with Gasteiger partial charge in [-0.15, -0.1) is 0 Å². The van der Waals surface area contributed by atoms with Crippen molar-refractivity contribution in [3.05, 3.63) is 29.8 Å². The third-order valence-electron chi connectivity index (χ3n) is 3.80. The predicted molar refractivity (Wildman–Crippen MR) is 88.1 cm³/mol. The average molecular weight is 306 g/mol. The lowest BCUT2D eigenvalue weighted by Crippen LogP contribution is -2.46. The predicted octanol–water partition coefficient (Wildman–Crippen LogP) is 3.65. The third kappa shape index (κ3) is 5.76. The number of aryl methyl sites for hydroxylation is 1. The molecule has 0 spiro atoms. The minimum Gasteiger partial charge on any atom is -0.480 e. The Bertz CT molecular complexity index is 485. The largest absolute Gasteiger partial charge is 0.480 e. The summed E-state index contributed by atoms with van der Waals surface area (Å²) >= 11 is 0. The van der Waals surface area contributed by atoms with E-state index in [4.69, 9.17) is 5.11 Å². The van der Waals surface area contributed by atoms with Gasteiger partial charge in [0.1, 0.15) is 6.04 Å². The number of carbonyl (C=O) groups is 2. The number of anilines is 1. The number of hydrogen-bond donors (Lipinski definition) is 3. The van der Waals surface area contributed by atoms with Gasteiger partial charge in [0.2, 0.25) is 0 Å². The van der Waals surface area contributed by atoms with Crippen molar-refractivity contribution in [2.24, 2.45) is 5.92 Å². The Hall–Kier alpha value is -2.04. The Labute approximate surface area is 132 Å². The van der Waals surface area contributed by atoms with Crippen LogP contribution >= 0.6 is 0 Å². The molecule has 1 rings (SSSR count). The molecule has 0 heterocycles. The maximum absolute atomic E-state index is 11.9. The first-order valence-corrected chi connectivity index (χ1v) is 7.87. The van der Waals surface area contributed by atoms with E-state index in [1.54, 1.807) is 0 Å². The second kappa shape index (κ2) is 9.07. The summed E-state index contributed by atoms with van der Waals surface area (Å²) in [6.45, 7) is 5.85. The van der Waals surface area contributed by atoms with Crippen LogP contribution in [-0.2, 0) is 11.2 Å². The number of rotatable bonds is 8. The van der Waals surface area contributed by atoms with Gasteiger partial charge in [-0.25, -0.2) is 9.59 Å². The van der Waals surface area contributed by atoms with Gasteiger partial charge >= 0.3 is 12.0 Å². The Morgan fingerprint density at radius 2 is 1.82 bits per heavy atom. The summed E-state index contributed by atoms with van der Waals surface area (Å²) < 4.78 is 0. The van der Waals surface area contributed by atoms with E-state index < -0.39 is 18.0 Å². The molecular formula is C17H26N2O3. The van der Waals surface area contributed by atoms with Crippen molar-refractivity contribution in [1.82, 2.24) is 5.32 Å². The number of hydrogen-bond acceptors (Lipinski definition) is 2. The van der Waals surface area contributed by atoms with Crippen molar-refractivity contribution >= 4 is 17.7 Å². The molecule has 2 atom stereocenters. The number of nitrogens with one attached hydrogen (secondary N) is 2. The minimum atomic E-state index is -1.01. The molecule has 3 N–H and O–H groups in total. The van der Waals surface area contributed by atoms with Gasteiger partial charge in [0.05, 0.1) is 0 Å². The lowest BCUT2D eigenvalue weighted by atomic mass is 9.99. The molecule has 0 saturated carbocycles. The summed E-state index contributed by atoms with van der Waals surface area (Å²) in [6.07, 6.45) is 4.00. The number of benzene rings is 1. The monoisotopic (exact) mass is 306 g/mol. The number of carboxylic acids is 1. The van der Waals surface area contributed by atoms with Crippen molar-refractivity contribution in [3.63, 3.8) is 0 Å². The van der Waals surface area contributed by atoms with Crippen LogP contribution in [0.3, 0.4) is 0 Å². The SMILES string of the molecule is CCCCc1ccc(NC(=O)N[C@H](C(=O)O)[C@H](C)CC)cc1. The zero-order chi connectivity index (χ0) is 16.5. The van der Waals surface area contributed by atoms with Gasteiger partial charge in [-0.2, -0.15) is 0 Å². The molecule has 0 saturated heterocycles. The first kappa shape index (κ1) is 18.0. The molecule has 1 aromatic carbocycles. The second-order valence-electron chi connectivity index (χ2n) is 5.60. The molecular weight excluding hydrogens is 280 g/mol. The molecule has 122 valence electrons. The minimum absolute atomic E-state index is 0.125. The summed E-state index contributed by atoms with van der Waals surface area (Å²) in [5.74, 6) is -1.14. The first-order chi connectivity index (χ1) is 10.5. The van der Waals surface area contributed by atoms with Crippen LogP contribution in [0.25, 0.3) is 0 Å². The second-order valence-corrected chi connectivity index (χ2v) is 5.60. The topological polar surface area (TPSA) is 78.4 Å². The molecule has 1 aromatic rings. The number of amides is 2. The molecule has 0 unspecified atom stereocenters. The van der Waals surface area contributed by atoms with Crippen LogP contribution in [0, 0.1) is 5.92 Å². The fourth-order valence-electron chi connectivity index (χ4n) is 2.13. The van der Waals surface area contributed by atoms with Gasteiger partial charge in [0.25, 0.3) is 0 Å². The van der Waals surface area contributed by atoms with Gasteiger partial charge in [-0.05, 0) is 36.5 Å². The van der Waals surface area contributed by atoms with E-state index in [1.165, 1.54) is 5.56 Å². The molecule has 0 aromatic heterocycles. The molecule has 0 radical (unpaired) electrons. The van der Waals surface area contributed by atoms with E-state index in [0.29, 0.717) is 12.1 Å². The quantitative estimate of drug-likeness (QED) is 0.686. The standard InChI is InChI=1S/C17H26N2O3/c1-4-6-7-13-8-10-14(11-9-13)18-17(22)19-15(16(20)21)12(3)5-2/h8-12,15H,4-7H2,1-3H3,(H,20,21)(H2,18,19,22)/t12-,15+/m1/s1. The Kier molecular flexibility index (Phi) is 7.43. The zero-order valence-electron chi connectivity index (χ0n) is 13.6. The van der Waals surface area contributed by atoms with Crippen LogP contribution < -0.4 is 10.6 Å². The lowest BCUT2D eigenvalue weighted by Gasteiger charge is -2.20. The molecule has 0 fully saturated rings. The fraction of sp³-hybridized carbons (Fsp3) is 0.529. The van der Waals surface area contributed by atoms with E-state index in [-0.39, 0.29) is 5.92 Å². The van der Waals surface area contributed by atoms with E-state index in [2.05, 4.69) is 17.6 Å². The van der Waals surface area contributed by atoms with Gasteiger partial charge in [-0.3, -0.25) is 0 Å². The summed E-state index contributed by atoms with van der Waals surface area (Å²) in [4.78, 5) is 23.1. The van der Waals surface area contributed by atoms with Crippen LogP contribution in [0.4, 0.5) is 10.5 Å². The van der Waals surface area contributed by atoms with Crippen LogP contribution in [-0.4, -0.2) is 23.1 Å². The highest BCUT2D eigenvalue weighted by Crippen LogP contribution is 2.12. The average Bonchev–Trinajstić information content (AvgIpc) is 2.51. The van der Waals surface area contributed by atoms with Crippen molar-refractivity contribution in [3.8, 4) is 0 Å². The highest BCUT2D eigenvalue weighted by atomic mass is 16.4. The number of urea groups is 1. The van der Waals surface area contributed by atoms with Gasteiger partial charge in [0.15, 0.2) is 0 Å². The van der Waals surface area contributed by atoms with Crippen molar-refractivity contribution in [2.75, 3.05) is 5.32 Å². The first-order valence-electron chi connectivity index (χ1n) is 7.87. The fourth-order valence-corrected chi connectivity index (χ4v) is 2.13. The summed E-state index contributed by atoms with van der Waals surface area (Å²) in [5.41, 5.74) is 1.89. The van der Waals surface area contributed by atoms with E-state index >= 15 is 0 Å². The number of aliphatic carboxylic acids is 1. The van der Waals surface area contributed by atoms with Crippen LogP contribution in [0.2, 0.25) is 0 Å². The normalized spacial score (nSPS) is 13.2. The molecule has 0 aliphatic carbocycles. The number of carboxylic acid groups (broad SMARTS) is 1. The Morgan fingerprint density at radius 3 is 2.32 bits per heavy atom. The summed E-state index contributed by atoms with van der Waals surface area (Å²) in [5, 5.41) is 14.4. The molecule has 5 heteroatoms. The Morgan fingerprint density at radius 1 is 1.18 bits per heavy atom. The van der Waals surface area contributed by atoms with E-state index in [1.807, 2.05) is 38.1 Å². The smallest absolute Gasteiger partial charge is 0.326 e. The van der Waals surface area contributed by atoms with Gasteiger partial charge in [0, 0.05) is 5.69 Å². The highest BCUT2D eigenvalue weighted by Gasteiger charge is 2.25. The van der Waals surface area contributed by atoms with Gasteiger partial charge in [-0.1, -0.05) is 45.7 Å². The highest BCUT2D eigenvalue weighted by molar-refractivity contribution is 5.92. The van der Waals surface area contributed by atoms with Crippen LogP contribution in [0.1, 0.15) is 45.6 Å². The van der Waals surface area contributed by atoms with Crippen molar-refractivity contribution in [1.29, 1.82) is 0 Å². The maximum atomic E-state index is 11.9. The van der Waals surface area contributed by atoms with E-state index in [9.17, 15) is 9.59 Å². The van der Waals surface area contributed by atoms with Crippen LogP contribution in [0.5, 0.6) is 0 Å². The van der Waals surface area contributed by atoms with Crippen molar-refractivity contribution in [2.45, 2.75) is 52.5 Å². The molecule has 2 amide bonds. The lowest BCUT2D eigenvalue weighted by molar-refractivity contribution is -0.140. The number of carbonyl (C=O) groups excluding carboxylic acids is 1. The molecule has 0 aliphatic rings. The van der Waals surface area contributed by atoms with Gasteiger partial charge < -0.3 is 15.7 Å². The molecule has 0 bridgehead atoms. The number of unbranched alkanes of at least 4 members (excludes halogenated alkanes) is 1. The third-order valence-corrected chi connectivity index (χ3v) is 3.80. The van der Waals surface area contributed by atoms with E-state index in [0.717, 1.165) is 19.3 Å². The molecule has 5 nitrogen and oxygen atoms in total. The summed E-state index contributed by atoms with van der Waals surface area (Å²) in [6, 6.07) is 6.26. The summed E-state index contributed by atoms with van der Waals surface area (Å²) in [7, 11) is 0. The van der Waals surface area contributed by atoms with Crippen molar-refractivity contribution < 1.29 is 14.7 Å². The maximum Gasteiger partial charge on any atom is 0.326 e. The van der Waals surface area contributed by atoms with Crippen LogP contribution in [0.15, 0.2) is 24.3 Å². The zero-order valence-corrected chi connectivity index (χ0v) is 13.6. The molecule has 0 aliphatic heterocycles. The molecule has 22 heavy (non-hydrogen) atoms.